The Labute approximate surface area is 98.9 Å². The van der Waals surface area contributed by atoms with Gasteiger partial charge < -0.3 is 0 Å². The van der Waals surface area contributed by atoms with Crippen molar-refractivity contribution in [3.05, 3.63) is 20.8 Å². The molecule has 1 saturated carbocycles. The Bertz CT molecular complexity index is 304. The minimum absolute atomic E-state index is 0.582. The topological polar surface area (TPSA) is 0 Å². The average molecular weight is 273 g/mol. The van der Waals surface area contributed by atoms with Crippen molar-refractivity contribution in [2.75, 3.05) is 0 Å². The molecule has 1 heterocycles. The molecule has 0 amide bonds. The molecule has 0 N–H and O–H groups in total. The van der Waals surface area contributed by atoms with Crippen molar-refractivity contribution in [2.24, 2.45) is 5.41 Å². The summed E-state index contributed by atoms with van der Waals surface area (Å²) in [6.45, 7) is 4.79. The second-order valence-electron chi connectivity index (χ2n) is 5.09. The number of rotatable bonds is 1. The van der Waals surface area contributed by atoms with Crippen molar-refractivity contribution < 1.29 is 0 Å². The molecular formula is C12H17BrS. The predicted octanol–water partition coefficient (Wildman–Crippen LogP) is 5.19. The Balaban J connectivity index is 2.06. The van der Waals surface area contributed by atoms with Gasteiger partial charge in [-0.05, 0) is 70.0 Å². The van der Waals surface area contributed by atoms with Gasteiger partial charge in [-0.1, -0.05) is 13.8 Å². The average Bonchev–Trinajstić information content (AvgIpc) is 2.52. The fourth-order valence-electron chi connectivity index (χ4n) is 2.31. The molecule has 1 aliphatic carbocycles. The molecule has 2 heteroatoms. The molecular weight excluding hydrogens is 256 g/mol. The molecule has 0 aliphatic heterocycles. The maximum Gasteiger partial charge on any atom is 0.0733 e. The van der Waals surface area contributed by atoms with E-state index in [2.05, 4.69) is 41.2 Å². The van der Waals surface area contributed by atoms with Crippen LogP contribution in [0, 0.1) is 5.41 Å². The largest absolute Gasteiger partial charge is 0.137 e. The molecule has 0 spiro atoms. The van der Waals surface area contributed by atoms with E-state index in [0.29, 0.717) is 5.41 Å². The van der Waals surface area contributed by atoms with Gasteiger partial charge >= 0.3 is 0 Å². The lowest BCUT2D eigenvalue weighted by Crippen LogP contribution is -2.20. The Morgan fingerprint density at radius 1 is 1.36 bits per heavy atom. The van der Waals surface area contributed by atoms with E-state index in [4.69, 9.17) is 0 Å². The van der Waals surface area contributed by atoms with Crippen LogP contribution < -0.4 is 0 Å². The van der Waals surface area contributed by atoms with E-state index in [0.717, 1.165) is 5.92 Å². The zero-order chi connectivity index (χ0) is 10.2. The first kappa shape index (κ1) is 10.7. The summed E-state index contributed by atoms with van der Waals surface area (Å²) in [5.74, 6) is 0.809. The maximum absolute atomic E-state index is 3.65. The van der Waals surface area contributed by atoms with Crippen LogP contribution in [0.4, 0.5) is 0 Å². The van der Waals surface area contributed by atoms with E-state index < -0.39 is 0 Å². The zero-order valence-electron chi connectivity index (χ0n) is 8.85. The number of thiophene rings is 1. The maximum atomic E-state index is 3.65. The summed E-state index contributed by atoms with van der Waals surface area (Å²) in [6, 6.07) is 2.29. The normalized spacial score (nSPS) is 22.5. The molecule has 2 rings (SSSR count). The van der Waals surface area contributed by atoms with Crippen LogP contribution in [-0.4, -0.2) is 0 Å². The van der Waals surface area contributed by atoms with Crippen molar-refractivity contribution in [3.8, 4) is 0 Å². The third-order valence-corrected chi connectivity index (χ3v) is 5.16. The molecule has 0 saturated heterocycles. The van der Waals surface area contributed by atoms with Gasteiger partial charge in [0.25, 0.3) is 0 Å². The Morgan fingerprint density at radius 2 is 2.00 bits per heavy atom. The van der Waals surface area contributed by atoms with Gasteiger partial charge in [0.15, 0.2) is 0 Å². The first-order chi connectivity index (χ1) is 6.58. The van der Waals surface area contributed by atoms with Gasteiger partial charge in [-0.3, -0.25) is 0 Å². The summed E-state index contributed by atoms with van der Waals surface area (Å²) >= 11 is 5.46. The highest BCUT2D eigenvalue weighted by Gasteiger charge is 2.28. The minimum atomic E-state index is 0.582. The predicted molar refractivity (Wildman–Crippen MR) is 67.0 cm³/mol. The third kappa shape index (κ3) is 2.22. The smallest absolute Gasteiger partial charge is 0.0733 e. The van der Waals surface area contributed by atoms with Crippen molar-refractivity contribution in [3.63, 3.8) is 0 Å². The van der Waals surface area contributed by atoms with E-state index in [1.807, 2.05) is 11.3 Å². The molecule has 1 aromatic rings. The number of hydrogen-bond acceptors (Lipinski definition) is 1. The van der Waals surface area contributed by atoms with Crippen LogP contribution in [0.25, 0.3) is 0 Å². The first-order valence-electron chi connectivity index (χ1n) is 5.31. The van der Waals surface area contributed by atoms with Gasteiger partial charge in [0.05, 0.1) is 3.79 Å². The highest BCUT2D eigenvalue weighted by atomic mass is 79.9. The summed E-state index contributed by atoms with van der Waals surface area (Å²) < 4.78 is 1.35. The fraction of sp³-hybridized carbons (Fsp3) is 0.667. The van der Waals surface area contributed by atoms with Gasteiger partial charge in [0.1, 0.15) is 0 Å². The Hall–Kier alpha value is 0.180. The summed E-state index contributed by atoms with van der Waals surface area (Å²) in [5.41, 5.74) is 2.13. The van der Waals surface area contributed by atoms with Crippen LogP contribution in [0.15, 0.2) is 15.2 Å². The third-order valence-electron chi connectivity index (χ3n) is 3.43. The van der Waals surface area contributed by atoms with Gasteiger partial charge in [-0.25, -0.2) is 0 Å². The summed E-state index contributed by atoms with van der Waals surface area (Å²) in [5, 5.41) is 2.19. The first-order valence-corrected chi connectivity index (χ1v) is 6.99. The summed E-state index contributed by atoms with van der Waals surface area (Å²) in [7, 11) is 0. The summed E-state index contributed by atoms with van der Waals surface area (Å²) in [4.78, 5) is 0. The molecule has 78 valence electrons. The highest BCUT2D eigenvalue weighted by Crippen LogP contribution is 2.44. The van der Waals surface area contributed by atoms with Crippen LogP contribution in [0.2, 0.25) is 0 Å². The quantitative estimate of drug-likeness (QED) is 0.660. The van der Waals surface area contributed by atoms with Crippen molar-refractivity contribution in [2.45, 2.75) is 45.4 Å². The van der Waals surface area contributed by atoms with E-state index in [-0.39, 0.29) is 0 Å². The lowest BCUT2D eigenvalue weighted by atomic mass is 9.72. The van der Waals surface area contributed by atoms with Crippen LogP contribution >= 0.6 is 27.3 Å². The molecule has 0 bridgehead atoms. The minimum Gasteiger partial charge on any atom is -0.137 e. The Morgan fingerprint density at radius 3 is 2.50 bits per heavy atom. The monoisotopic (exact) mass is 272 g/mol. The fourth-order valence-corrected chi connectivity index (χ4v) is 3.79. The van der Waals surface area contributed by atoms with Crippen LogP contribution in [0.5, 0.6) is 0 Å². The SMILES string of the molecule is CC1(C)CCC(c2ccsc2Br)CC1. The molecule has 1 aromatic heterocycles. The van der Waals surface area contributed by atoms with Gasteiger partial charge in [0, 0.05) is 0 Å². The van der Waals surface area contributed by atoms with Gasteiger partial charge in [-0.15, -0.1) is 11.3 Å². The van der Waals surface area contributed by atoms with E-state index >= 15 is 0 Å². The van der Waals surface area contributed by atoms with Gasteiger partial charge in [0.2, 0.25) is 0 Å². The molecule has 0 radical (unpaired) electrons. The highest BCUT2D eigenvalue weighted by molar-refractivity contribution is 9.11. The Kier molecular flexibility index (Phi) is 3.03. The van der Waals surface area contributed by atoms with Crippen molar-refractivity contribution in [1.82, 2.24) is 0 Å². The number of hydrogen-bond donors (Lipinski definition) is 0. The van der Waals surface area contributed by atoms with Gasteiger partial charge in [-0.2, -0.15) is 0 Å². The van der Waals surface area contributed by atoms with Crippen molar-refractivity contribution >= 4 is 27.3 Å². The van der Waals surface area contributed by atoms with Crippen LogP contribution in [-0.2, 0) is 0 Å². The summed E-state index contributed by atoms with van der Waals surface area (Å²) in [6.07, 6.45) is 5.48. The van der Waals surface area contributed by atoms with E-state index in [9.17, 15) is 0 Å². The molecule has 0 atom stereocenters. The lowest BCUT2D eigenvalue weighted by Gasteiger charge is -2.34. The number of halogens is 1. The zero-order valence-corrected chi connectivity index (χ0v) is 11.2. The molecule has 0 nitrogen and oxygen atoms in total. The lowest BCUT2D eigenvalue weighted by molar-refractivity contribution is 0.224. The van der Waals surface area contributed by atoms with E-state index in [1.54, 1.807) is 5.56 Å². The van der Waals surface area contributed by atoms with Crippen LogP contribution in [0.3, 0.4) is 0 Å². The van der Waals surface area contributed by atoms with Crippen molar-refractivity contribution in [1.29, 1.82) is 0 Å². The molecule has 0 unspecified atom stereocenters. The molecule has 14 heavy (non-hydrogen) atoms. The molecule has 1 aliphatic rings. The second kappa shape index (κ2) is 3.97. The standard InChI is InChI=1S/C12H17BrS/c1-12(2)6-3-9(4-7-12)10-5-8-14-11(10)13/h5,8-9H,3-4,6-7H2,1-2H3. The van der Waals surface area contributed by atoms with E-state index in [1.165, 1.54) is 29.5 Å². The van der Waals surface area contributed by atoms with Crippen LogP contribution in [0.1, 0.15) is 51.0 Å². The second-order valence-corrected chi connectivity index (χ2v) is 7.32. The molecule has 0 aromatic carbocycles. The molecule has 1 fully saturated rings.